The molecule has 0 spiro atoms. The molecule has 1 aromatic rings. The number of halogens is 7. The molecule has 32 heavy (non-hydrogen) atoms. The molecule has 0 aromatic heterocycles. The molecule has 0 saturated heterocycles. The molecule has 8 heteroatoms. The van der Waals surface area contributed by atoms with Crippen LogP contribution < -0.4 is 4.74 Å². The Hall–Kier alpha value is -1.47. The summed E-state index contributed by atoms with van der Waals surface area (Å²) >= 11 is 0. The van der Waals surface area contributed by atoms with E-state index in [1.807, 2.05) is 0 Å². The molecule has 2 aliphatic carbocycles. The highest BCUT2D eigenvalue weighted by Crippen LogP contribution is 2.48. The molecule has 0 N–H and O–H groups in total. The highest BCUT2D eigenvalue weighted by molar-refractivity contribution is 5.30. The van der Waals surface area contributed by atoms with E-state index in [1.165, 1.54) is 50.7 Å². The van der Waals surface area contributed by atoms with Gasteiger partial charge in [-0.15, -0.1) is 0 Å². The van der Waals surface area contributed by atoms with Crippen molar-refractivity contribution in [2.45, 2.75) is 95.3 Å². The number of hydrogen-bond acceptors (Lipinski definition) is 1. The molecular weight excluding hydrogens is 437 g/mol. The van der Waals surface area contributed by atoms with Crippen molar-refractivity contribution >= 4 is 0 Å². The van der Waals surface area contributed by atoms with Gasteiger partial charge in [0.25, 0.3) is 0 Å². The topological polar surface area (TPSA) is 9.23 Å². The fourth-order valence-electron chi connectivity index (χ4n) is 5.47. The Bertz CT molecular complexity index is 713. The minimum Gasteiger partial charge on any atom is -0.428 e. The second kappa shape index (κ2) is 9.80. The van der Waals surface area contributed by atoms with Crippen molar-refractivity contribution < 1.29 is 35.5 Å². The highest BCUT2D eigenvalue weighted by Gasteiger charge is 2.75. The van der Waals surface area contributed by atoms with Crippen molar-refractivity contribution in [3.05, 3.63) is 29.8 Å². The molecule has 0 bridgehead atoms. The number of alkyl halides is 7. The first-order valence-corrected chi connectivity index (χ1v) is 11.6. The van der Waals surface area contributed by atoms with Gasteiger partial charge in [0, 0.05) is 0 Å². The third-order valence-electron chi connectivity index (χ3n) is 7.35. The Morgan fingerprint density at radius 3 is 1.72 bits per heavy atom. The standard InChI is InChI=1S/C24H31F7O/c1-2-3-16-4-6-17(7-5-16)18-8-10-19(11-9-18)20-12-14-21(15-13-20)32-24(30,31)22(25,26)23(27,28)29/h12-19H,2-11H2,1H3. The fourth-order valence-corrected chi connectivity index (χ4v) is 5.47. The van der Waals surface area contributed by atoms with Crippen molar-refractivity contribution in [2.75, 3.05) is 0 Å². The number of benzene rings is 1. The third-order valence-corrected chi connectivity index (χ3v) is 7.35. The van der Waals surface area contributed by atoms with Crippen LogP contribution >= 0.6 is 0 Å². The molecule has 0 aliphatic heterocycles. The van der Waals surface area contributed by atoms with Gasteiger partial charge >= 0.3 is 18.2 Å². The quantitative estimate of drug-likeness (QED) is 0.364. The smallest absolute Gasteiger partial charge is 0.428 e. The van der Waals surface area contributed by atoms with Crippen LogP contribution in [0.25, 0.3) is 0 Å². The van der Waals surface area contributed by atoms with Gasteiger partial charge in [0.15, 0.2) is 0 Å². The molecule has 3 rings (SSSR count). The fraction of sp³-hybridized carbons (Fsp3) is 0.750. The van der Waals surface area contributed by atoms with Gasteiger partial charge in [0.2, 0.25) is 0 Å². The lowest BCUT2D eigenvalue weighted by Crippen LogP contribution is -2.55. The van der Waals surface area contributed by atoms with Crippen molar-refractivity contribution in [3.8, 4) is 5.75 Å². The van der Waals surface area contributed by atoms with Gasteiger partial charge in [-0.2, -0.15) is 30.7 Å². The predicted octanol–water partition coefficient (Wildman–Crippen LogP) is 8.74. The maximum atomic E-state index is 13.4. The van der Waals surface area contributed by atoms with Gasteiger partial charge < -0.3 is 4.74 Å². The Morgan fingerprint density at radius 1 is 0.750 bits per heavy atom. The molecule has 2 fully saturated rings. The monoisotopic (exact) mass is 468 g/mol. The minimum atomic E-state index is -6.41. The summed E-state index contributed by atoms with van der Waals surface area (Å²) in [7, 11) is 0. The zero-order chi connectivity index (χ0) is 23.6. The molecule has 1 aromatic carbocycles. The summed E-state index contributed by atoms with van der Waals surface area (Å²) in [6.07, 6.45) is -0.202. The molecule has 1 nitrogen and oxygen atoms in total. The molecule has 182 valence electrons. The highest BCUT2D eigenvalue weighted by atomic mass is 19.4. The van der Waals surface area contributed by atoms with Crippen LogP contribution in [0.5, 0.6) is 5.75 Å². The first kappa shape index (κ1) is 25.2. The lowest BCUT2D eigenvalue weighted by molar-refractivity contribution is -0.402. The third kappa shape index (κ3) is 5.53. The van der Waals surface area contributed by atoms with Crippen molar-refractivity contribution in [1.29, 1.82) is 0 Å². The van der Waals surface area contributed by atoms with Gasteiger partial charge in [0.05, 0.1) is 0 Å². The van der Waals surface area contributed by atoms with Gasteiger partial charge in [-0.1, -0.05) is 44.7 Å². The van der Waals surface area contributed by atoms with Gasteiger partial charge in [0.1, 0.15) is 5.75 Å². The molecule has 0 unspecified atom stereocenters. The number of rotatable bonds is 7. The van der Waals surface area contributed by atoms with Crippen LogP contribution in [-0.2, 0) is 0 Å². The number of ether oxygens (including phenoxy) is 1. The van der Waals surface area contributed by atoms with Crippen LogP contribution in [-0.4, -0.2) is 18.2 Å². The summed E-state index contributed by atoms with van der Waals surface area (Å²) in [5, 5.41) is 0. The zero-order valence-corrected chi connectivity index (χ0v) is 18.2. The van der Waals surface area contributed by atoms with E-state index in [1.54, 1.807) is 0 Å². The molecule has 2 aliphatic rings. The normalized spacial score (nSPS) is 27.9. The van der Waals surface area contributed by atoms with E-state index in [0.29, 0.717) is 5.92 Å². The molecule has 0 heterocycles. The predicted molar refractivity (Wildman–Crippen MR) is 108 cm³/mol. The molecule has 0 amide bonds. The summed E-state index contributed by atoms with van der Waals surface area (Å²) in [6.45, 7) is 2.23. The van der Waals surface area contributed by atoms with Crippen molar-refractivity contribution in [2.24, 2.45) is 17.8 Å². The molecule has 2 saturated carbocycles. The summed E-state index contributed by atoms with van der Waals surface area (Å²) in [5.41, 5.74) is 0.869. The van der Waals surface area contributed by atoms with E-state index in [4.69, 9.17) is 0 Å². The van der Waals surface area contributed by atoms with Crippen LogP contribution in [0.2, 0.25) is 0 Å². The lowest BCUT2D eigenvalue weighted by atomic mass is 9.68. The average molecular weight is 468 g/mol. The van der Waals surface area contributed by atoms with Gasteiger partial charge in [-0.05, 0) is 79.9 Å². The van der Waals surface area contributed by atoms with Gasteiger partial charge in [-0.3, -0.25) is 0 Å². The molecule has 0 radical (unpaired) electrons. The Morgan fingerprint density at radius 2 is 1.25 bits per heavy atom. The largest absolute Gasteiger partial charge is 0.474 e. The average Bonchev–Trinajstić information content (AvgIpc) is 2.74. The van der Waals surface area contributed by atoms with E-state index in [0.717, 1.165) is 55.2 Å². The Kier molecular flexibility index (Phi) is 7.70. The van der Waals surface area contributed by atoms with Crippen LogP contribution in [0.1, 0.15) is 82.6 Å². The molecule has 0 atom stereocenters. The second-order valence-corrected chi connectivity index (χ2v) is 9.44. The Balaban J connectivity index is 1.52. The van der Waals surface area contributed by atoms with E-state index in [9.17, 15) is 30.7 Å². The number of hydrogen-bond donors (Lipinski definition) is 0. The van der Waals surface area contributed by atoms with E-state index in [-0.39, 0.29) is 5.92 Å². The van der Waals surface area contributed by atoms with Crippen LogP contribution in [0.3, 0.4) is 0 Å². The van der Waals surface area contributed by atoms with Crippen LogP contribution in [0.15, 0.2) is 24.3 Å². The summed E-state index contributed by atoms with van der Waals surface area (Å²) < 4.78 is 93.4. The van der Waals surface area contributed by atoms with Crippen LogP contribution in [0, 0.1) is 17.8 Å². The SMILES string of the molecule is CCCC1CCC(C2CCC(c3ccc(OC(F)(F)C(F)(F)C(F)(F)F)cc3)CC2)CC1. The minimum absolute atomic E-state index is 0.230. The first-order valence-electron chi connectivity index (χ1n) is 11.6. The first-order chi connectivity index (χ1) is 14.9. The maximum Gasteiger partial charge on any atom is 0.474 e. The summed E-state index contributed by atoms with van der Waals surface area (Å²) in [5.74, 6) is -4.42. The zero-order valence-electron chi connectivity index (χ0n) is 18.2. The van der Waals surface area contributed by atoms with E-state index >= 15 is 0 Å². The Labute approximate surface area is 184 Å². The van der Waals surface area contributed by atoms with Crippen molar-refractivity contribution in [3.63, 3.8) is 0 Å². The molecular formula is C24H31F7O. The maximum absolute atomic E-state index is 13.4. The second-order valence-electron chi connectivity index (χ2n) is 9.44. The van der Waals surface area contributed by atoms with E-state index in [2.05, 4.69) is 11.7 Å². The summed E-state index contributed by atoms with van der Waals surface area (Å²) in [6, 6.07) is 5.05. The van der Waals surface area contributed by atoms with Crippen molar-refractivity contribution in [1.82, 2.24) is 0 Å². The summed E-state index contributed by atoms with van der Waals surface area (Å²) in [4.78, 5) is 0. The van der Waals surface area contributed by atoms with Crippen LogP contribution in [0.4, 0.5) is 30.7 Å². The van der Waals surface area contributed by atoms with E-state index < -0.39 is 24.0 Å². The lowest BCUT2D eigenvalue weighted by Gasteiger charge is -2.38. The van der Waals surface area contributed by atoms with Gasteiger partial charge in [-0.25, -0.2) is 0 Å².